The molecule has 2 aromatic heterocycles. The molecule has 0 atom stereocenters. The van der Waals surface area contributed by atoms with E-state index >= 15 is 0 Å². The van der Waals surface area contributed by atoms with Gasteiger partial charge in [0.15, 0.2) is 10.8 Å². The van der Waals surface area contributed by atoms with Gasteiger partial charge in [-0.15, -0.1) is 0 Å². The molecule has 3 aromatic rings. The first kappa shape index (κ1) is 22.8. The number of aromatic nitrogens is 3. The van der Waals surface area contributed by atoms with Crippen molar-refractivity contribution in [3.8, 4) is 0 Å². The number of fused-ring (bicyclic) bond motifs is 1. The van der Waals surface area contributed by atoms with Gasteiger partial charge in [0.1, 0.15) is 12.1 Å². The van der Waals surface area contributed by atoms with Crippen molar-refractivity contribution in [3.05, 3.63) is 48.4 Å². The van der Waals surface area contributed by atoms with Crippen LogP contribution in [0.5, 0.6) is 0 Å². The zero-order chi connectivity index (χ0) is 22.9. The molecule has 1 fully saturated rings. The molecule has 0 aliphatic heterocycles. The minimum absolute atomic E-state index is 0.178. The van der Waals surface area contributed by atoms with Gasteiger partial charge in [-0.1, -0.05) is 29.5 Å². The summed E-state index contributed by atoms with van der Waals surface area (Å²) in [7, 11) is -1.73. The van der Waals surface area contributed by atoms with Gasteiger partial charge in [0.25, 0.3) is 10.0 Å². The molecule has 2 heterocycles. The summed E-state index contributed by atoms with van der Waals surface area (Å²) in [5, 5.41) is 0.901. The van der Waals surface area contributed by atoms with Crippen molar-refractivity contribution in [2.45, 2.75) is 50.5 Å². The molecule has 1 aromatic carbocycles. The lowest BCUT2D eigenvalue weighted by Crippen LogP contribution is -2.36. The highest BCUT2D eigenvalue weighted by molar-refractivity contribution is 8.13. The predicted molar refractivity (Wildman–Crippen MR) is 129 cm³/mol. The van der Waals surface area contributed by atoms with E-state index in [0.717, 1.165) is 48.2 Å². The molecular formula is C23H28N4O3S2. The lowest BCUT2D eigenvalue weighted by atomic mass is 9.86. The Morgan fingerprint density at radius 1 is 1.12 bits per heavy atom. The third-order valence-corrected chi connectivity index (χ3v) is 8.95. The van der Waals surface area contributed by atoms with Crippen molar-refractivity contribution < 1.29 is 13.2 Å². The van der Waals surface area contributed by atoms with Gasteiger partial charge in [-0.2, -0.15) is 0 Å². The van der Waals surface area contributed by atoms with Crippen molar-refractivity contribution in [2.75, 3.05) is 17.7 Å². The minimum atomic E-state index is -3.75. The average molecular weight is 473 g/mol. The van der Waals surface area contributed by atoms with Gasteiger partial charge in [-0.05, 0) is 56.7 Å². The van der Waals surface area contributed by atoms with Gasteiger partial charge in [0, 0.05) is 32.0 Å². The summed E-state index contributed by atoms with van der Waals surface area (Å²) in [4.78, 5) is 22.4. The number of benzene rings is 1. The Kier molecular flexibility index (Phi) is 6.57. The number of anilines is 1. The van der Waals surface area contributed by atoms with E-state index in [9.17, 15) is 13.2 Å². The number of hydrogen-bond donors (Lipinski definition) is 0. The maximum atomic E-state index is 13.2. The molecule has 1 saturated carbocycles. The number of rotatable bonds is 6. The molecule has 0 spiro atoms. The molecule has 9 heteroatoms. The third-order valence-electron chi connectivity index (χ3n) is 6.23. The largest absolute Gasteiger partial charge is 0.356 e. The van der Waals surface area contributed by atoms with Crippen molar-refractivity contribution >= 4 is 43.8 Å². The standard InChI is InChI=1S/C23H28N4O3S2/c1-16-4-10-20(11-5-16)32(29,30)27-13-12-21-22(24-15-25-23(21)27)26(3)19-8-6-18(7-9-19)14-31-17(2)28/h4-5,10-13,15,18-19H,6-9,14H2,1-3H3/t18-,19-. The van der Waals surface area contributed by atoms with Crippen LogP contribution in [0.15, 0.2) is 47.8 Å². The lowest BCUT2D eigenvalue weighted by Gasteiger charge is -2.35. The van der Waals surface area contributed by atoms with Gasteiger partial charge < -0.3 is 4.90 Å². The third kappa shape index (κ3) is 4.54. The smallest absolute Gasteiger partial charge is 0.269 e. The Bertz CT molecular complexity index is 1210. The summed E-state index contributed by atoms with van der Waals surface area (Å²) in [6, 6.07) is 8.92. The van der Waals surface area contributed by atoms with Crippen LogP contribution in [0, 0.1) is 12.8 Å². The Balaban J connectivity index is 1.57. The average Bonchev–Trinajstić information content (AvgIpc) is 3.23. The quantitative estimate of drug-likeness (QED) is 0.530. The van der Waals surface area contributed by atoms with E-state index in [-0.39, 0.29) is 10.0 Å². The van der Waals surface area contributed by atoms with Crippen LogP contribution in [-0.4, -0.2) is 46.3 Å². The molecular weight excluding hydrogens is 444 g/mol. The van der Waals surface area contributed by atoms with Crippen molar-refractivity contribution in [1.82, 2.24) is 13.9 Å². The van der Waals surface area contributed by atoms with Crippen molar-refractivity contribution in [2.24, 2.45) is 5.92 Å². The number of aryl methyl sites for hydroxylation is 1. The molecule has 7 nitrogen and oxygen atoms in total. The molecule has 4 rings (SSSR count). The number of carbonyl (C=O) groups excluding carboxylic acids is 1. The van der Waals surface area contributed by atoms with Crippen LogP contribution < -0.4 is 4.90 Å². The zero-order valence-electron chi connectivity index (χ0n) is 18.6. The van der Waals surface area contributed by atoms with Gasteiger partial charge in [-0.3, -0.25) is 4.79 Å². The highest BCUT2D eigenvalue weighted by Gasteiger charge is 2.27. The van der Waals surface area contributed by atoms with Crippen LogP contribution in [0.4, 0.5) is 5.82 Å². The maximum absolute atomic E-state index is 13.2. The second kappa shape index (κ2) is 9.23. The fourth-order valence-corrected chi connectivity index (χ4v) is 6.43. The first-order valence-corrected chi connectivity index (χ1v) is 13.2. The highest BCUT2D eigenvalue weighted by atomic mass is 32.2. The maximum Gasteiger partial charge on any atom is 0.269 e. The molecule has 0 radical (unpaired) electrons. The molecule has 0 amide bonds. The summed E-state index contributed by atoms with van der Waals surface area (Å²) >= 11 is 1.42. The molecule has 0 bridgehead atoms. The molecule has 1 aliphatic carbocycles. The van der Waals surface area contributed by atoms with Gasteiger partial charge >= 0.3 is 0 Å². The van der Waals surface area contributed by atoms with E-state index < -0.39 is 10.0 Å². The van der Waals surface area contributed by atoms with Crippen LogP contribution in [0.2, 0.25) is 0 Å². The van der Waals surface area contributed by atoms with Crippen LogP contribution >= 0.6 is 11.8 Å². The molecule has 32 heavy (non-hydrogen) atoms. The molecule has 1 aliphatic rings. The molecule has 0 saturated heterocycles. The topological polar surface area (TPSA) is 85.2 Å². The fourth-order valence-electron chi connectivity index (χ4n) is 4.32. The zero-order valence-corrected chi connectivity index (χ0v) is 20.2. The number of thioether (sulfide) groups is 1. The van der Waals surface area contributed by atoms with Gasteiger partial charge in [0.05, 0.1) is 10.3 Å². The van der Waals surface area contributed by atoms with Crippen molar-refractivity contribution in [1.29, 1.82) is 0 Å². The summed E-state index contributed by atoms with van der Waals surface area (Å²) in [6.07, 6.45) is 7.19. The Morgan fingerprint density at radius 3 is 2.47 bits per heavy atom. The first-order valence-electron chi connectivity index (χ1n) is 10.8. The first-order chi connectivity index (χ1) is 15.3. The Labute approximate surface area is 193 Å². The summed E-state index contributed by atoms with van der Waals surface area (Å²) in [6.45, 7) is 3.54. The summed E-state index contributed by atoms with van der Waals surface area (Å²) < 4.78 is 27.7. The minimum Gasteiger partial charge on any atom is -0.356 e. The SMILES string of the molecule is CC(=O)SC[C@H]1CC[C@H](N(C)c2ncnc3c2ccn3S(=O)(=O)c2ccc(C)cc2)CC1. The van der Waals surface area contributed by atoms with E-state index in [1.807, 2.05) is 14.0 Å². The van der Waals surface area contributed by atoms with E-state index in [4.69, 9.17) is 0 Å². The normalized spacial score (nSPS) is 19.2. The number of hydrogen-bond acceptors (Lipinski definition) is 7. The van der Waals surface area contributed by atoms with Gasteiger partial charge in [0.2, 0.25) is 0 Å². The fraction of sp³-hybridized carbons (Fsp3) is 0.435. The summed E-state index contributed by atoms with van der Waals surface area (Å²) in [5.74, 6) is 2.21. The lowest BCUT2D eigenvalue weighted by molar-refractivity contribution is -0.109. The van der Waals surface area contributed by atoms with Crippen LogP contribution in [0.3, 0.4) is 0 Å². The Morgan fingerprint density at radius 2 is 1.81 bits per heavy atom. The number of carbonyl (C=O) groups is 1. The van der Waals surface area contributed by atoms with Crippen LogP contribution in [-0.2, 0) is 14.8 Å². The highest BCUT2D eigenvalue weighted by Crippen LogP contribution is 2.34. The molecule has 0 unspecified atom stereocenters. The second-order valence-corrected chi connectivity index (χ2v) is 11.5. The van der Waals surface area contributed by atoms with E-state index in [2.05, 4.69) is 14.9 Å². The Hall–Kier alpha value is -2.39. The molecule has 0 N–H and O–H groups in total. The van der Waals surface area contributed by atoms with Crippen molar-refractivity contribution in [3.63, 3.8) is 0 Å². The monoisotopic (exact) mass is 472 g/mol. The molecule has 170 valence electrons. The van der Waals surface area contributed by atoms with E-state index in [1.54, 1.807) is 43.5 Å². The van der Waals surface area contributed by atoms with E-state index in [1.165, 1.54) is 22.1 Å². The van der Waals surface area contributed by atoms with Crippen LogP contribution in [0.1, 0.15) is 38.2 Å². The summed E-state index contributed by atoms with van der Waals surface area (Å²) in [5.41, 5.74) is 1.39. The number of nitrogens with zero attached hydrogens (tertiary/aromatic N) is 4. The van der Waals surface area contributed by atoms with E-state index in [0.29, 0.717) is 17.6 Å². The van der Waals surface area contributed by atoms with Crippen LogP contribution in [0.25, 0.3) is 11.0 Å². The van der Waals surface area contributed by atoms with Gasteiger partial charge in [-0.25, -0.2) is 22.4 Å². The predicted octanol–water partition coefficient (Wildman–Crippen LogP) is 4.25. The second-order valence-electron chi connectivity index (χ2n) is 8.45.